The first kappa shape index (κ1) is 14.7. The highest BCUT2D eigenvalue weighted by atomic mass is 79.9. The summed E-state index contributed by atoms with van der Waals surface area (Å²) in [5.41, 5.74) is 0.801. The standard InChI is InChI=1S/C16H20BrClO2/c1-20-16-13(7-12(18)8-14(16)17)15(19)6-11-5-9-2-3-10(11)4-9/h7-11,15,19H,2-6H2,1H3. The highest BCUT2D eigenvalue weighted by Crippen LogP contribution is 2.51. The average molecular weight is 360 g/mol. The van der Waals surface area contributed by atoms with Crippen molar-refractivity contribution in [3.05, 3.63) is 27.2 Å². The SMILES string of the molecule is COc1c(Br)cc(Cl)cc1C(O)CC1CC2CCC1C2. The molecule has 2 fully saturated rings. The Morgan fingerprint density at radius 3 is 2.80 bits per heavy atom. The first-order valence-corrected chi connectivity index (χ1v) is 8.46. The van der Waals surface area contributed by atoms with E-state index in [4.69, 9.17) is 16.3 Å². The van der Waals surface area contributed by atoms with Gasteiger partial charge < -0.3 is 9.84 Å². The molecule has 0 spiro atoms. The lowest BCUT2D eigenvalue weighted by molar-refractivity contribution is 0.122. The van der Waals surface area contributed by atoms with Crippen LogP contribution in [-0.4, -0.2) is 12.2 Å². The number of halogens is 2. The molecular formula is C16H20BrClO2. The Morgan fingerprint density at radius 2 is 2.20 bits per heavy atom. The zero-order valence-electron chi connectivity index (χ0n) is 11.6. The van der Waals surface area contributed by atoms with Crippen LogP contribution in [0.1, 0.15) is 43.8 Å². The molecule has 20 heavy (non-hydrogen) atoms. The first-order chi connectivity index (χ1) is 9.58. The fourth-order valence-corrected chi connectivity index (χ4v) is 5.12. The minimum Gasteiger partial charge on any atom is -0.495 e. The zero-order chi connectivity index (χ0) is 14.3. The average Bonchev–Trinajstić information content (AvgIpc) is 3.00. The highest BCUT2D eigenvalue weighted by molar-refractivity contribution is 9.10. The maximum absolute atomic E-state index is 10.6. The van der Waals surface area contributed by atoms with Crippen molar-refractivity contribution < 1.29 is 9.84 Å². The predicted octanol–water partition coefficient (Wildman–Crippen LogP) is 4.97. The van der Waals surface area contributed by atoms with Crippen LogP contribution in [0.15, 0.2) is 16.6 Å². The second kappa shape index (κ2) is 5.86. The Bertz CT molecular complexity index is 505. The molecule has 0 radical (unpaired) electrons. The van der Waals surface area contributed by atoms with Crippen LogP contribution in [0.2, 0.25) is 5.02 Å². The van der Waals surface area contributed by atoms with Crippen LogP contribution in [0.25, 0.3) is 0 Å². The van der Waals surface area contributed by atoms with Gasteiger partial charge in [0.05, 0.1) is 17.7 Å². The van der Waals surface area contributed by atoms with Gasteiger partial charge in [0.15, 0.2) is 0 Å². The van der Waals surface area contributed by atoms with Gasteiger partial charge >= 0.3 is 0 Å². The van der Waals surface area contributed by atoms with Gasteiger partial charge in [-0.3, -0.25) is 0 Å². The number of benzene rings is 1. The number of hydrogen-bond donors (Lipinski definition) is 1. The third kappa shape index (κ3) is 2.72. The molecule has 0 saturated heterocycles. The Kier molecular flexibility index (Phi) is 4.30. The molecular weight excluding hydrogens is 340 g/mol. The molecule has 4 heteroatoms. The van der Waals surface area contributed by atoms with Crippen molar-refractivity contribution in [2.24, 2.45) is 17.8 Å². The van der Waals surface area contributed by atoms with E-state index in [9.17, 15) is 5.11 Å². The number of aliphatic hydroxyl groups is 1. The summed E-state index contributed by atoms with van der Waals surface area (Å²) < 4.78 is 6.21. The number of ether oxygens (including phenoxy) is 1. The number of hydrogen-bond acceptors (Lipinski definition) is 2. The summed E-state index contributed by atoms with van der Waals surface area (Å²) in [6, 6.07) is 3.62. The quantitative estimate of drug-likeness (QED) is 0.822. The van der Waals surface area contributed by atoms with Crippen LogP contribution in [0, 0.1) is 17.8 Å². The molecule has 3 rings (SSSR count). The van der Waals surface area contributed by atoms with Crippen LogP contribution in [0.4, 0.5) is 0 Å². The third-order valence-electron chi connectivity index (χ3n) is 5.01. The van der Waals surface area contributed by atoms with E-state index < -0.39 is 6.10 Å². The fraction of sp³-hybridized carbons (Fsp3) is 0.625. The van der Waals surface area contributed by atoms with Gasteiger partial charge in [0.1, 0.15) is 5.75 Å². The second-order valence-electron chi connectivity index (χ2n) is 6.20. The number of fused-ring (bicyclic) bond motifs is 2. The van der Waals surface area contributed by atoms with Gasteiger partial charge in [-0.2, -0.15) is 0 Å². The van der Waals surface area contributed by atoms with Crippen LogP contribution in [-0.2, 0) is 0 Å². The lowest BCUT2D eigenvalue weighted by Gasteiger charge is -2.25. The van der Waals surface area contributed by atoms with Crippen molar-refractivity contribution in [2.45, 2.75) is 38.2 Å². The maximum Gasteiger partial charge on any atom is 0.138 e. The molecule has 0 amide bonds. The van der Waals surface area contributed by atoms with Crippen LogP contribution in [0.3, 0.4) is 0 Å². The summed E-state index contributed by atoms with van der Waals surface area (Å²) in [5.74, 6) is 3.09. The van der Waals surface area contributed by atoms with Crippen molar-refractivity contribution in [3.63, 3.8) is 0 Å². The molecule has 1 aromatic carbocycles. The van der Waals surface area contributed by atoms with E-state index in [1.807, 2.05) is 6.07 Å². The summed E-state index contributed by atoms with van der Waals surface area (Å²) in [5, 5.41) is 11.2. The normalized spacial score (nSPS) is 29.7. The molecule has 2 nitrogen and oxygen atoms in total. The minimum atomic E-state index is -0.496. The van der Waals surface area contributed by atoms with Gasteiger partial charge in [-0.1, -0.05) is 18.0 Å². The maximum atomic E-state index is 10.6. The predicted molar refractivity (Wildman–Crippen MR) is 84.2 cm³/mol. The Balaban J connectivity index is 1.78. The topological polar surface area (TPSA) is 29.5 Å². The number of rotatable bonds is 4. The summed E-state index contributed by atoms with van der Waals surface area (Å²) >= 11 is 9.56. The van der Waals surface area contributed by atoms with Gasteiger partial charge in [-0.05, 0) is 71.5 Å². The van der Waals surface area contributed by atoms with E-state index in [1.165, 1.54) is 25.7 Å². The van der Waals surface area contributed by atoms with E-state index >= 15 is 0 Å². The Hall–Kier alpha value is -0.250. The smallest absolute Gasteiger partial charge is 0.138 e. The van der Waals surface area contributed by atoms with Crippen molar-refractivity contribution in [3.8, 4) is 5.75 Å². The minimum absolute atomic E-state index is 0.496. The summed E-state index contributed by atoms with van der Waals surface area (Å²) in [7, 11) is 1.63. The Morgan fingerprint density at radius 1 is 1.40 bits per heavy atom. The van der Waals surface area contributed by atoms with Crippen molar-refractivity contribution in [1.82, 2.24) is 0 Å². The molecule has 1 aromatic rings. The Labute approximate surface area is 133 Å². The zero-order valence-corrected chi connectivity index (χ0v) is 14.0. The molecule has 0 aromatic heterocycles. The second-order valence-corrected chi connectivity index (χ2v) is 7.49. The summed E-state index contributed by atoms with van der Waals surface area (Å²) in [4.78, 5) is 0. The molecule has 0 heterocycles. The third-order valence-corrected chi connectivity index (χ3v) is 5.82. The van der Waals surface area contributed by atoms with Crippen LogP contribution in [0.5, 0.6) is 5.75 Å². The molecule has 2 bridgehead atoms. The summed E-state index contributed by atoms with van der Waals surface area (Å²) in [6.07, 6.45) is 5.72. The van der Waals surface area contributed by atoms with Gasteiger partial charge in [0.25, 0.3) is 0 Å². The van der Waals surface area contributed by atoms with E-state index in [0.29, 0.717) is 16.7 Å². The van der Waals surface area contributed by atoms with Gasteiger partial charge in [0, 0.05) is 10.6 Å². The first-order valence-electron chi connectivity index (χ1n) is 7.29. The highest BCUT2D eigenvalue weighted by Gasteiger charge is 2.40. The molecule has 2 aliphatic rings. The van der Waals surface area contributed by atoms with Crippen LogP contribution < -0.4 is 4.74 Å². The fourth-order valence-electron chi connectivity index (χ4n) is 4.12. The van der Waals surface area contributed by atoms with Crippen molar-refractivity contribution in [1.29, 1.82) is 0 Å². The summed E-state index contributed by atoms with van der Waals surface area (Å²) in [6.45, 7) is 0. The lowest BCUT2D eigenvalue weighted by Crippen LogP contribution is -2.14. The van der Waals surface area contributed by atoms with Gasteiger partial charge in [-0.25, -0.2) is 0 Å². The van der Waals surface area contributed by atoms with Gasteiger partial charge in [-0.15, -0.1) is 0 Å². The molecule has 2 saturated carbocycles. The number of methoxy groups -OCH3 is 1. The van der Waals surface area contributed by atoms with E-state index in [2.05, 4.69) is 15.9 Å². The molecule has 2 aliphatic carbocycles. The van der Waals surface area contributed by atoms with E-state index in [0.717, 1.165) is 28.3 Å². The number of aliphatic hydroxyl groups excluding tert-OH is 1. The van der Waals surface area contributed by atoms with Crippen molar-refractivity contribution >= 4 is 27.5 Å². The molecule has 4 unspecified atom stereocenters. The molecule has 1 N–H and O–H groups in total. The monoisotopic (exact) mass is 358 g/mol. The molecule has 4 atom stereocenters. The van der Waals surface area contributed by atoms with Gasteiger partial charge in [0.2, 0.25) is 0 Å². The lowest BCUT2D eigenvalue weighted by atomic mass is 9.83. The molecule has 110 valence electrons. The van der Waals surface area contributed by atoms with Crippen molar-refractivity contribution in [2.75, 3.05) is 7.11 Å². The molecule has 0 aliphatic heterocycles. The largest absolute Gasteiger partial charge is 0.495 e. The van der Waals surface area contributed by atoms with E-state index in [1.54, 1.807) is 13.2 Å². The van der Waals surface area contributed by atoms with Crippen LogP contribution >= 0.6 is 27.5 Å². The van der Waals surface area contributed by atoms with E-state index in [-0.39, 0.29) is 0 Å².